The Bertz CT molecular complexity index is 1270. The fourth-order valence-electron chi connectivity index (χ4n) is 6.79. The highest BCUT2D eigenvalue weighted by molar-refractivity contribution is 7.89. The molecule has 0 bridgehead atoms. The molecule has 2 aliphatic carbocycles. The van der Waals surface area contributed by atoms with E-state index in [1.807, 2.05) is 41.5 Å². The molecule has 1 aliphatic heterocycles. The number of urea groups is 1. The molecule has 3 fully saturated rings. The molecule has 0 unspecified atom stereocenters. The van der Waals surface area contributed by atoms with Gasteiger partial charge < -0.3 is 26.2 Å². The highest BCUT2D eigenvalue weighted by Crippen LogP contribution is 2.34. The van der Waals surface area contributed by atoms with Crippen LogP contribution in [0, 0.1) is 17.3 Å². The van der Waals surface area contributed by atoms with Gasteiger partial charge in [0.15, 0.2) is 0 Å². The van der Waals surface area contributed by atoms with Gasteiger partial charge in [0.1, 0.15) is 12.1 Å². The first-order chi connectivity index (χ1) is 21.8. The van der Waals surface area contributed by atoms with Gasteiger partial charge in [0.25, 0.3) is 5.91 Å². The van der Waals surface area contributed by atoms with Crippen LogP contribution in [0.25, 0.3) is 0 Å². The maximum Gasteiger partial charge on any atom is 0.315 e. The molecule has 0 aromatic rings. The SMILES string of the molecule is CCC[C@H](NC(=O)[C@@H]1[C@@H](C(C)C)CCN1C(=O)[C@@H](NC(=O)NC1(CS(=O)(=O)N(C)C)CCCCC1)C(C)(C)C)C(=O)C(=O)NC1CC1. The molecular formula is C33H58N6O7S. The average molecular weight is 683 g/mol. The molecule has 0 radical (unpaired) electrons. The van der Waals surface area contributed by atoms with Crippen molar-refractivity contribution >= 4 is 39.6 Å². The van der Waals surface area contributed by atoms with E-state index in [-0.39, 0.29) is 36.6 Å². The number of hydrogen-bond acceptors (Lipinski definition) is 7. The number of rotatable bonds is 14. The Labute approximate surface area is 281 Å². The summed E-state index contributed by atoms with van der Waals surface area (Å²) in [5.41, 5.74) is -1.73. The zero-order valence-electron chi connectivity index (χ0n) is 29.6. The van der Waals surface area contributed by atoms with Gasteiger partial charge >= 0.3 is 6.03 Å². The Hall–Kier alpha value is -2.74. The first kappa shape index (κ1) is 38.7. The van der Waals surface area contributed by atoms with Crippen molar-refractivity contribution in [1.29, 1.82) is 0 Å². The van der Waals surface area contributed by atoms with E-state index < -0.39 is 68.6 Å². The zero-order valence-corrected chi connectivity index (χ0v) is 30.4. The first-order valence-electron chi connectivity index (χ1n) is 17.3. The summed E-state index contributed by atoms with van der Waals surface area (Å²) in [6.07, 6.45) is 6.57. The lowest BCUT2D eigenvalue weighted by Crippen LogP contribution is -2.63. The average Bonchev–Trinajstić information content (AvgIpc) is 3.66. The summed E-state index contributed by atoms with van der Waals surface area (Å²) in [5.74, 6) is -2.72. The van der Waals surface area contributed by atoms with Crippen LogP contribution in [0.5, 0.6) is 0 Å². The quantitative estimate of drug-likeness (QED) is 0.204. The van der Waals surface area contributed by atoms with Crippen molar-refractivity contribution in [2.45, 2.75) is 135 Å². The lowest BCUT2D eigenvalue weighted by molar-refractivity contribution is -0.145. The Morgan fingerprint density at radius 3 is 2.09 bits per heavy atom. The van der Waals surface area contributed by atoms with Gasteiger partial charge in [0.05, 0.1) is 17.3 Å². The number of hydrogen-bond donors (Lipinski definition) is 4. The van der Waals surface area contributed by atoms with Gasteiger partial charge in [0, 0.05) is 26.7 Å². The lowest BCUT2D eigenvalue weighted by atomic mass is 9.83. The molecule has 0 aromatic heterocycles. The van der Waals surface area contributed by atoms with E-state index in [0.29, 0.717) is 25.7 Å². The van der Waals surface area contributed by atoms with Crippen LogP contribution < -0.4 is 21.3 Å². The summed E-state index contributed by atoms with van der Waals surface area (Å²) >= 11 is 0. The standard InChI is InChI=1S/C33H58N6O7S/c1-9-13-24(26(40)29(42)34-22-14-15-22)35-28(41)25-23(21(2)3)16-19-39(25)30(43)27(32(4,5)6)36-31(44)37-33(17-11-10-12-18-33)20-47(45,46)38(7)8/h21-25,27H,9-20H2,1-8H3,(H,34,42)(H,35,41)(H2,36,37,44)/t23-,24+,25+,27-/m1/s1. The summed E-state index contributed by atoms with van der Waals surface area (Å²) in [4.78, 5) is 69.1. The minimum Gasteiger partial charge on any atom is -0.347 e. The van der Waals surface area contributed by atoms with Gasteiger partial charge in [0.2, 0.25) is 27.6 Å². The fraction of sp³-hybridized carbons (Fsp3) is 0.848. The summed E-state index contributed by atoms with van der Waals surface area (Å²) in [5, 5.41) is 11.3. The predicted molar refractivity (Wildman–Crippen MR) is 180 cm³/mol. The molecule has 1 saturated heterocycles. The molecule has 4 atom stereocenters. The van der Waals surface area contributed by atoms with Gasteiger partial charge in [-0.25, -0.2) is 17.5 Å². The molecule has 5 amide bonds. The van der Waals surface area contributed by atoms with Gasteiger partial charge in [-0.2, -0.15) is 0 Å². The number of ketones is 1. The summed E-state index contributed by atoms with van der Waals surface area (Å²) < 4.78 is 26.9. The van der Waals surface area contributed by atoms with Crippen molar-refractivity contribution in [3.63, 3.8) is 0 Å². The molecule has 14 heteroatoms. The van der Waals surface area contributed by atoms with E-state index >= 15 is 0 Å². The van der Waals surface area contributed by atoms with Crippen LogP contribution in [0.1, 0.15) is 106 Å². The molecule has 0 spiro atoms. The summed E-state index contributed by atoms with van der Waals surface area (Å²) in [6.45, 7) is 11.6. The van der Waals surface area contributed by atoms with Crippen LogP contribution in [-0.4, -0.2) is 103 Å². The molecule has 2 saturated carbocycles. The molecule has 13 nitrogen and oxygen atoms in total. The number of nitrogens with one attached hydrogen (secondary N) is 4. The Morgan fingerprint density at radius 1 is 0.957 bits per heavy atom. The number of sulfonamides is 1. The van der Waals surface area contributed by atoms with Crippen LogP contribution in [0.3, 0.4) is 0 Å². The minimum atomic E-state index is -3.63. The lowest BCUT2D eigenvalue weighted by Gasteiger charge is -2.40. The van der Waals surface area contributed by atoms with Gasteiger partial charge in [-0.1, -0.05) is 67.2 Å². The van der Waals surface area contributed by atoms with Crippen LogP contribution >= 0.6 is 0 Å². The van der Waals surface area contributed by atoms with Crippen LogP contribution in [0.2, 0.25) is 0 Å². The number of carbonyl (C=O) groups is 5. The third-order valence-electron chi connectivity index (χ3n) is 9.79. The zero-order chi connectivity index (χ0) is 35.3. The molecule has 0 aromatic carbocycles. The monoisotopic (exact) mass is 682 g/mol. The van der Waals surface area contributed by atoms with E-state index in [1.54, 1.807) is 0 Å². The van der Waals surface area contributed by atoms with Crippen molar-refractivity contribution in [1.82, 2.24) is 30.5 Å². The summed E-state index contributed by atoms with van der Waals surface area (Å²) in [7, 11) is -0.688. The highest BCUT2D eigenvalue weighted by atomic mass is 32.2. The smallest absolute Gasteiger partial charge is 0.315 e. The maximum absolute atomic E-state index is 14.4. The number of amides is 5. The Morgan fingerprint density at radius 2 is 1.57 bits per heavy atom. The second-order valence-corrected chi connectivity index (χ2v) is 17.6. The highest BCUT2D eigenvalue weighted by Gasteiger charge is 2.48. The molecule has 47 heavy (non-hydrogen) atoms. The normalized spacial score (nSPS) is 22.8. The van der Waals surface area contributed by atoms with Crippen LogP contribution in [0.4, 0.5) is 4.79 Å². The summed E-state index contributed by atoms with van der Waals surface area (Å²) in [6, 6.07) is -3.57. The second kappa shape index (κ2) is 15.7. The number of Topliss-reactive ketones (excluding diaryl/α,β-unsaturated/α-hetero) is 1. The fourth-order valence-corrected chi connectivity index (χ4v) is 8.11. The van der Waals surface area contributed by atoms with Crippen molar-refractivity contribution in [2.24, 2.45) is 17.3 Å². The molecule has 3 aliphatic rings. The van der Waals surface area contributed by atoms with Crippen molar-refractivity contribution in [3.05, 3.63) is 0 Å². The predicted octanol–water partition coefficient (Wildman–Crippen LogP) is 2.30. The molecule has 268 valence electrons. The first-order valence-corrected chi connectivity index (χ1v) is 18.9. The number of carbonyl (C=O) groups excluding carboxylic acids is 5. The van der Waals surface area contributed by atoms with Gasteiger partial charge in [-0.05, 0) is 55.8 Å². The van der Waals surface area contributed by atoms with Crippen molar-refractivity contribution in [3.8, 4) is 0 Å². The van der Waals surface area contributed by atoms with Gasteiger partial charge in [-0.15, -0.1) is 0 Å². The van der Waals surface area contributed by atoms with Crippen LogP contribution in [-0.2, 0) is 29.2 Å². The number of nitrogens with zero attached hydrogens (tertiary/aromatic N) is 2. The second-order valence-electron chi connectivity index (χ2n) is 15.4. The molecule has 4 N–H and O–H groups in total. The third kappa shape index (κ3) is 10.1. The van der Waals surface area contributed by atoms with E-state index in [1.165, 1.54) is 19.0 Å². The van der Waals surface area contributed by atoms with E-state index in [4.69, 9.17) is 0 Å². The van der Waals surface area contributed by atoms with Crippen molar-refractivity contribution in [2.75, 3.05) is 26.4 Å². The number of likely N-dealkylation sites (tertiary alicyclic amines) is 1. The molecule has 3 rings (SSSR count). The molecule has 1 heterocycles. The minimum absolute atomic E-state index is 0.00195. The Balaban J connectivity index is 1.83. The third-order valence-corrected chi connectivity index (χ3v) is 11.8. The van der Waals surface area contributed by atoms with Crippen LogP contribution in [0.15, 0.2) is 0 Å². The van der Waals surface area contributed by atoms with E-state index in [9.17, 15) is 32.4 Å². The van der Waals surface area contributed by atoms with E-state index in [2.05, 4.69) is 21.3 Å². The molecular weight excluding hydrogens is 624 g/mol. The topological polar surface area (TPSA) is 174 Å². The van der Waals surface area contributed by atoms with Crippen molar-refractivity contribution < 1.29 is 32.4 Å². The largest absolute Gasteiger partial charge is 0.347 e. The van der Waals surface area contributed by atoms with Gasteiger partial charge in [-0.3, -0.25) is 19.2 Å². The Kier molecular flexibility index (Phi) is 12.9. The maximum atomic E-state index is 14.4. The van der Waals surface area contributed by atoms with E-state index in [0.717, 1.165) is 36.4 Å².